The monoisotopic (exact) mass is 429 g/mol. The molecule has 6 heteroatoms. The number of carbonyl (C=O) groups excluding carboxylic acids is 1. The third kappa shape index (κ3) is 4.81. The molecule has 1 heterocycles. The van der Waals surface area contributed by atoms with Crippen LogP contribution in [0.2, 0.25) is 0 Å². The van der Waals surface area contributed by atoms with Crippen molar-refractivity contribution >= 4 is 22.6 Å². The summed E-state index contributed by atoms with van der Waals surface area (Å²) in [5.41, 5.74) is 2.95. The molecule has 4 aromatic rings. The van der Waals surface area contributed by atoms with E-state index in [1.54, 1.807) is 18.2 Å². The maximum Gasteiger partial charge on any atom is 0.262 e. The van der Waals surface area contributed by atoms with Crippen molar-refractivity contribution < 1.29 is 18.7 Å². The van der Waals surface area contributed by atoms with Gasteiger partial charge < -0.3 is 19.2 Å². The van der Waals surface area contributed by atoms with Gasteiger partial charge in [-0.25, -0.2) is 0 Å². The molecule has 0 spiro atoms. The lowest BCUT2D eigenvalue weighted by Crippen LogP contribution is -2.20. The molecular weight excluding hydrogens is 406 g/mol. The summed E-state index contributed by atoms with van der Waals surface area (Å²) in [4.78, 5) is 25.0. The van der Waals surface area contributed by atoms with E-state index in [1.165, 1.54) is 11.8 Å². The van der Waals surface area contributed by atoms with Crippen molar-refractivity contribution in [2.75, 3.05) is 11.9 Å². The van der Waals surface area contributed by atoms with Crippen LogP contribution in [-0.4, -0.2) is 12.5 Å². The molecule has 0 bridgehead atoms. The fourth-order valence-electron chi connectivity index (χ4n) is 3.22. The number of ether oxygens (including phenoxy) is 2. The molecule has 0 atom stereocenters. The van der Waals surface area contributed by atoms with Crippen LogP contribution in [0.3, 0.4) is 0 Å². The average Bonchev–Trinajstić information content (AvgIpc) is 2.81. The molecule has 0 aliphatic carbocycles. The van der Waals surface area contributed by atoms with Gasteiger partial charge in [-0.15, -0.1) is 0 Å². The fraction of sp³-hybridized carbons (Fsp3) is 0.154. The van der Waals surface area contributed by atoms with Crippen molar-refractivity contribution in [2.24, 2.45) is 0 Å². The van der Waals surface area contributed by atoms with Gasteiger partial charge in [0.25, 0.3) is 5.91 Å². The van der Waals surface area contributed by atoms with E-state index in [-0.39, 0.29) is 23.7 Å². The standard InChI is InChI=1S/C26H23NO5/c1-3-18-8-10-19(11-9-18)32-24-15-31-23-14-20(12-13-21(23)26(24)29)30-16-25(28)27-22-7-5-4-6-17(22)2/h4-15H,3,16H2,1-2H3,(H,27,28). The first-order chi connectivity index (χ1) is 15.5. The number of nitrogens with one attached hydrogen (secondary N) is 1. The maximum atomic E-state index is 12.8. The summed E-state index contributed by atoms with van der Waals surface area (Å²) < 4.78 is 16.9. The Morgan fingerprint density at radius 2 is 1.75 bits per heavy atom. The van der Waals surface area contributed by atoms with Crippen LogP contribution < -0.4 is 20.2 Å². The molecule has 1 N–H and O–H groups in total. The fourth-order valence-corrected chi connectivity index (χ4v) is 3.22. The Morgan fingerprint density at radius 3 is 2.50 bits per heavy atom. The Labute approximate surface area is 185 Å². The van der Waals surface area contributed by atoms with Gasteiger partial charge in [-0.1, -0.05) is 37.3 Å². The van der Waals surface area contributed by atoms with Gasteiger partial charge in [0.05, 0.1) is 5.39 Å². The van der Waals surface area contributed by atoms with E-state index >= 15 is 0 Å². The minimum absolute atomic E-state index is 0.105. The van der Waals surface area contributed by atoms with E-state index in [0.29, 0.717) is 22.5 Å². The largest absolute Gasteiger partial charge is 0.484 e. The van der Waals surface area contributed by atoms with Crippen LogP contribution >= 0.6 is 0 Å². The lowest BCUT2D eigenvalue weighted by atomic mass is 10.2. The minimum atomic E-state index is -0.283. The highest BCUT2D eigenvalue weighted by atomic mass is 16.5. The highest BCUT2D eigenvalue weighted by Crippen LogP contribution is 2.24. The summed E-state index contributed by atoms with van der Waals surface area (Å²) in [5.74, 6) is 0.810. The van der Waals surface area contributed by atoms with Gasteiger partial charge >= 0.3 is 0 Å². The van der Waals surface area contributed by atoms with Crippen LogP contribution in [-0.2, 0) is 11.2 Å². The number of hydrogen-bond acceptors (Lipinski definition) is 5. The van der Waals surface area contributed by atoms with Crippen LogP contribution in [0.25, 0.3) is 11.0 Å². The third-order valence-electron chi connectivity index (χ3n) is 5.06. The van der Waals surface area contributed by atoms with Gasteiger partial charge in [-0.05, 0) is 54.8 Å². The van der Waals surface area contributed by atoms with Crippen LogP contribution in [0.15, 0.2) is 82.2 Å². The second-order valence-electron chi connectivity index (χ2n) is 7.34. The second kappa shape index (κ2) is 9.39. The zero-order valence-electron chi connectivity index (χ0n) is 17.9. The number of fused-ring (bicyclic) bond motifs is 1. The molecule has 0 unspecified atom stereocenters. The molecule has 0 saturated carbocycles. The summed E-state index contributed by atoms with van der Waals surface area (Å²) >= 11 is 0. The van der Waals surface area contributed by atoms with Gasteiger partial charge in [-0.2, -0.15) is 0 Å². The number of anilines is 1. The molecular formula is C26H23NO5. The summed E-state index contributed by atoms with van der Waals surface area (Å²) in [6.45, 7) is 3.82. The number of para-hydroxylation sites is 1. The summed E-state index contributed by atoms with van der Waals surface area (Å²) in [6, 6.07) is 19.9. The zero-order valence-corrected chi connectivity index (χ0v) is 17.9. The molecule has 0 saturated heterocycles. The minimum Gasteiger partial charge on any atom is -0.484 e. The Kier molecular flexibility index (Phi) is 6.22. The molecule has 1 aromatic heterocycles. The van der Waals surface area contributed by atoms with Crippen molar-refractivity contribution in [3.8, 4) is 17.2 Å². The first-order valence-electron chi connectivity index (χ1n) is 10.3. The van der Waals surface area contributed by atoms with E-state index in [4.69, 9.17) is 13.9 Å². The molecule has 0 fully saturated rings. The van der Waals surface area contributed by atoms with E-state index < -0.39 is 0 Å². The first-order valence-corrected chi connectivity index (χ1v) is 10.3. The summed E-state index contributed by atoms with van der Waals surface area (Å²) in [5, 5.41) is 3.18. The highest BCUT2D eigenvalue weighted by molar-refractivity contribution is 5.92. The lowest BCUT2D eigenvalue weighted by Gasteiger charge is -2.10. The van der Waals surface area contributed by atoms with E-state index in [1.807, 2.05) is 55.5 Å². The van der Waals surface area contributed by atoms with Crippen LogP contribution in [0.1, 0.15) is 18.1 Å². The molecule has 1 amide bonds. The Balaban J connectivity index is 1.45. The zero-order chi connectivity index (χ0) is 22.5. The summed E-state index contributed by atoms with van der Waals surface area (Å²) in [7, 11) is 0. The number of amides is 1. The number of hydrogen-bond donors (Lipinski definition) is 1. The molecule has 162 valence electrons. The van der Waals surface area contributed by atoms with Gasteiger partial charge in [0.15, 0.2) is 6.61 Å². The number of benzene rings is 3. The molecule has 0 aliphatic rings. The predicted molar refractivity (Wildman–Crippen MR) is 124 cm³/mol. The third-order valence-corrected chi connectivity index (χ3v) is 5.06. The topological polar surface area (TPSA) is 77.8 Å². The smallest absolute Gasteiger partial charge is 0.262 e. The molecule has 4 rings (SSSR count). The average molecular weight is 429 g/mol. The lowest BCUT2D eigenvalue weighted by molar-refractivity contribution is -0.118. The van der Waals surface area contributed by atoms with Crippen molar-refractivity contribution in [1.82, 2.24) is 0 Å². The van der Waals surface area contributed by atoms with E-state index in [2.05, 4.69) is 12.2 Å². The van der Waals surface area contributed by atoms with E-state index in [9.17, 15) is 9.59 Å². The van der Waals surface area contributed by atoms with Crippen LogP contribution in [0, 0.1) is 6.92 Å². The van der Waals surface area contributed by atoms with Crippen LogP contribution in [0.4, 0.5) is 5.69 Å². The van der Waals surface area contributed by atoms with Crippen molar-refractivity contribution in [2.45, 2.75) is 20.3 Å². The maximum absolute atomic E-state index is 12.8. The number of rotatable bonds is 7. The second-order valence-corrected chi connectivity index (χ2v) is 7.34. The number of carbonyl (C=O) groups is 1. The molecule has 32 heavy (non-hydrogen) atoms. The SMILES string of the molecule is CCc1ccc(Oc2coc3cc(OCC(=O)Nc4ccccc4C)ccc3c2=O)cc1. The normalized spacial score (nSPS) is 10.7. The van der Waals surface area contributed by atoms with Gasteiger partial charge in [0.2, 0.25) is 11.2 Å². The Morgan fingerprint density at radius 1 is 1.00 bits per heavy atom. The Hall–Kier alpha value is -4.06. The first kappa shape index (κ1) is 21.2. The predicted octanol–water partition coefficient (Wildman–Crippen LogP) is 5.47. The quantitative estimate of drug-likeness (QED) is 0.421. The van der Waals surface area contributed by atoms with Crippen molar-refractivity contribution in [3.05, 3.63) is 94.3 Å². The van der Waals surface area contributed by atoms with Gasteiger partial charge in [0, 0.05) is 11.8 Å². The molecule has 0 radical (unpaired) electrons. The number of aryl methyl sites for hydroxylation is 2. The van der Waals surface area contributed by atoms with Crippen molar-refractivity contribution in [3.63, 3.8) is 0 Å². The van der Waals surface area contributed by atoms with Gasteiger partial charge in [0.1, 0.15) is 23.3 Å². The molecule has 3 aromatic carbocycles. The summed E-state index contributed by atoms with van der Waals surface area (Å²) in [6.07, 6.45) is 2.21. The van der Waals surface area contributed by atoms with Crippen molar-refractivity contribution in [1.29, 1.82) is 0 Å². The highest BCUT2D eigenvalue weighted by Gasteiger charge is 2.11. The van der Waals surface area contributed by atoms with E-state index in [0.717, 1.165) is 17.7 Å². The molecule has 6 nitrogen and oxygen atoms in total. The van der Waals surface area contributed by atoms with Gasteiger partial charge in [-0.3, -0.25) is 9.59 Å². The van der Waals surface area contributed by atoms with Crippen LogP contribution in [0.5, 0.6) is 17.2 Å². The Bertz CT molecular complexity index is 1310. The molecule has 0 aliphatic heterocycles.